The highest BCUT2D eigenvalue weighted by atomic mass is 19.4. The van der Waals surface area contributed by atoms with Gasteiger partial charge in [0.2, 0.25) is 5.41 Å². The molecule has 0 spiro atoms. The van der Waals surface area contributed by atoms with Crippen LogP contribution in [-0.2, 0) is 11.8 Å². The van der Waals surface area contributed by atoms with Gasteiger partial charge in [0.05, 0.1) is 0 Å². The van der Waals surface area contributed by atoms with E-state index in [1.54, 1.807) is 4.90 Å². The number of halogens is 6. The molecule has 0 bridgehead atoms. The van der Waals surface area contributed by atoms with Crippen LogP contribution in [0.2, 0.25) is 0 Å². The van der Waals surface area contributed by atoms with Crippen LogP contribution in [0, 0.1) is 0 Å². The molecule has 50 heavy (non-hydrogen) atoms. The molecule has 0 aliphatic carbocycles. The van der Waals surface area contributed by atoms with Gasteiger partial charge in [0.15, 0.2) is 0 Å². The van der Waals surface area contributed by atoms with Gasteiger partial charge in [-0.1, -0.05) is 140 Å². The summed E-state index contributed by atoms with van der Waals surface area (Å²) in [4.78, 5) is 1.78. The van der Waals surface area contributed by atoms with Crippen LogP contribution in [0.3, 0.4) is 0 Å². The first-order valence-corrected chi connectivity index (χ1v) is 16.3. The van der Waals surface area contributed by atoms with E-state index in [9.17, 15) is 0 Å². The molecule has 254 valence electrons. The van der Waals surface area contributed by atoms with Gasteiger partial charge in [-0.2, -0.15) is 26.3 Å². The Hall–Kier alpha value is -5.30. The quantitative estimate of drug-likeness (QED) is 0.130. The van der Waals surface area contributed by atoms with E-state index in [1.807, 2.05) is 128 Å². The minimum Gasteiger partial charge on any atom is -0.311 e. The van der Waals surface area contributed by atoms with Gasteiger partial charge in [0.25, 0.3) is 0 Å². The fourth-order valence-corrected chi connectivity index (χ4v) is 6.86. The molecule has 0 N–H and O–H groups in total. The number of anilines is 3. The topological polar surface area (TPSA) is 3.24 Å². The Balaban J connectivity index is 1.40. The number of hydrogen-bond donors (Lipinski definition) is 0. The van der Waals surface area contributed by atoms with E-state index in [4.69, 9.17) is 0 Å². The standard InChI is InChI=1S/C43H35F6N/c1-31(40(34-16-8-3-9-17-34)30-32-14-6-2-7-15-32)33-22-24-35(25-23-33)41(42(44,45)46,43(47,48)49)36-26-28-39(29-27-36)50(37-18-10-4-11-19-37)38-20-12-5-13-21-38/h2-29,31,40H,30H2,1H3. The second kappa shape index (κ2) is 14.3. The Kier molecular flexibility index (Phi) is 9.87. The molecule has 0 aromatic heterocycles. The Bertz CT molecular complexity index is 1890. The second-order valence-electron chi connectivity index (χ2n) is 12.4. The van der Waals surface area contributed by atoms with Crippen LogP contribution < -0.4 is 4.90 Å². The second-order valence-corrected chi connectivity index (χ2v) is 12.4. The summed E-state index contributed by atoms with van der Waals surface area (Å²) in [5.41, 5.74) is -1.46. The van der Waals surface area contributed by atoms with E-state index in [2.05, 4.69) is 0 Å². The van der Waals surface area contributed by atoms with E-state index in [-0.39, 0.29) is 11.8 Å². The van der Waals surface area contributed by atoms with E-state index in [0.717, 1.165) is 35.4 Å². The highest BCUT2D eigenvalue weighted by Crippen LogP contribution is 2.56. The van der Waals surface area contributed by atoms with Crippen molar-refractivity contribution in [2.75, 3.05) is 4.90 Å². The molecule has 0 saturated carbocycles. The lowest BCUT2D eigenvalue weighted by Gasteiger charge is -2.39. The molecule has 2 unspecified atom stereocenters. The molecule has 0 fully saturated rings. The molecular formula is C43H35F6N. The molecule has 2 atom stereocenters. The zero-order valence-electron chi connectivity index (χ0n) is 27.2. The monoisotopic (exact) mass is 679 g/mol. The highest BCUT2D eigenvalue weighted by Gasteiger charge is 2.72. The number of benzene rings is 6. The molecule has 0 saturated heterocycles. The Labute approximate surface area is 288 Å². The zero-order chi connectivity index (χ0) is 35.4. The molecular weight excluding hydrogens is 644 g/mol. The summed E-state index contributed by atoms with van der Waals surface area (Å²) in [5, 5.41) is 0. The molecule has 6 rings (SSSR count). The summed E-state index contributed by atoms with van der Waals surface area (Å²) < 4.78 is 90.9. The number of hydrogen-bond acceptors (Lipinski definition) is 1. The summed E-state index contributed by atoms with van der Waals surface area (Å²) in [5.74, 6) is -0.275. The van der Waals surface area contributed by atoms with Crippen molar-refractivity contribution in [3.05, 3.63) is 198 Å². The van der Waals surface area contributed by atoms with Crippen LogP contribution in [0.15, 0.2) is 170 Å². The van der Waals surface area contributed by atoms with Crippen molar-refractivity contribution in [2.45, 2.75) is 42.9 Å². The van der Waals surface area contributed by atoms with Crippen molar-refractivity contribution in [3.63, 3.8) is 0 Å². The van der Waals surface area contributed by atoms with Crippen LogP contribution in [0.25, 0.3) is 0 Å². The fraction of sp³-hybridized carbons (Fsp3) is 0.163. The third-order valence-corrected chi connectivity index (χ3v) is 9.44. The smallest absolute Gasteiger partial charge is 0.311 e. The maximum atomic E-state index is 15.2. The van der Waals surface area contributed by atoms with E-state index in [1.165, 1.54) is 24.3 Å². The van der Waals surface area contributed by atoms with E-state index >= 15 is 26.3 Å². The Morgan fingerprint density at radius 2 is 0.820 bits per heavy atom. The minimum absolute atomic E-state index is 0.0656. The van der Waals surface area contributed by atoms with Crippen LogP contribution in [0.5, 0.6) is 0 Å². The van der Waals surface area contributed by atoms with Crippen molar-refractivity contribution in [3.8, 4) is 0 Å². The van der Waals surface area contributed by atoms with Crippen LogP contribution in [0.1, 0.15) is 46.6 Å². The van der Waals surface area contributed by atoms with Crippen molar-refractivity contribution in [2.24, 2.45) is 0 Å². The maximum absolute atomic E-state index is 15.2. The Morgan fingerprint density at radius 3 is 1.26 bits per heavy atom. The van der Waals surface area contributed by atoms with Gasteiger partial charge in [-0.25, -0.2) is 0 Å². The maximum Gasteiger partial charge on any atom is 0.411 e. The average molecular weight is 680 g/mol. The van der Waals surface area contributed by atoms with Crippen molar-refractivity contribution < 1.29 is 26.3 Å². The first-order valence-electron chi connectivity index (χ1n) is 16.3. The van der Waals surface area contributed by atoms with Crippen molar-refractivity contribution in [1.82, 2.24) is 0 Å². The molecule has 0 amide bonds. The highest BCUT2D eigenvalue weighted by molar-refractivity contribution is 5.76. The number of alkyl halides is 6. The predicted octanol–water partition coefficient (Wildman–Crippen LogP) is 12.7. The molecule has 0 aliphatic rings. The molecule has 0 heterocycles. The van der Waals surface area contributed by atoms with Gasteiger partial charge in [0, 0.05) is 17.1 Å². The largest absolute Gasteiger partial charge is 0.411 e. The third-order valence-electron chi connectivity index (χ3n) is 9.44. The van der Waals surface area contributed by atoms with Crippen molar-refractivity contribution in [1.29, 1.82) is 0 Å². The molecule has 6 aromatic rings. The Morgan fingerprint density at radius 1 is 0.440 bits per heavy atom. The van der Waals surface area contributed by atoms with Gasteiger partial charge in [0.1, 0.15) is 0 Å². The van der Waals surface area contributed by atoms with Gasteiger partial charge in [-0.15, -0.1) is 0 Å². The van der Waals surface area contributed by atoms with Crippen LogP contribution >= 0.6 is 0 Å². The minimum atomic E-state index is -5.70. The summed E-state index contributed by atoms with van der Waals surface area (Å²) in [6, 6.07) is 47.1. The first kappa shape index (κ1) is 34.6. The van der Waals surface area contributed by atoms with Crippen molar-refractivity contribution >= 4 is 17.1 Å². The van der Waals surface area contributed by atoms with Crippen LogP contribution in [0.4, 0.5) is 43.4 Å². The summed E-state index contributed by atoms with van der Waals surface area (Å²) in [7, 11) is 0. The molecule has 1 nitrogen and oxygen atoms in total. The normalized spacial score (nSPS) is 13.4. The fourth-order valence-electron chi connectivity index (χ4n) is 6.86. The predicted molar refractivity (Wildman–Crippen MR) is 188 cm³/mol. The molecule has 7 heteroatoms. The van der Waals surface area contributed by atoms with Crippen LogP contribution in [-0.4, -0.2) is 12.4 Å². The van der Waals surface area contributed by atoms with E-state index < -0.39 is 28.9 Å². The molecule has 6 aromatic carbocycles. The summed E-state index contributed by atoms with van der Waals surface area (Å²) in [6.45, 7) is 1.96. The number of nitrogens with zero attached hydrogens (tertiary/aromatic N) is 1. The summed E-state index contributed by atoms with van der Waals surface area (Å²) >= 11 is 0. The van der Waals surface area contributed by atoms with Gasteiger partial charge in [-0.3, -0.25) is 0 Å². The van der Waals surface area contributed by atoms with E-state index in [0.29, 0.717) is 29.0 Å². The summed E-state index contributed by atoms with van der Waals surface area (Å²) in [6.07, 6.45) is -10.7. The number of rotatable bonds is 10. The van der Waals surface area contributed by atoms with Gasteiger partial charge in [-0.05, 0) is 82.5 Å². The zero-order valence-corrected chi connectivity index (χ0v) is 27.2. The lowest BCUT2D eigenvalue weighted by Crippen LogP contribution is -2.54. The SMILES string of the molecule is CC(c1ccc(C(c2ccc(N(c3ccccc3)c3ccccc3)cc2)(C(F)(F)F)C(F)(F)F)cc1)C(Cc1ccccc1)c1ccccc1. The molecule has 0 aliphatic heterocycles. The van der Waals surface area contributed by atoms with Gasteiger partial charge >= 0.3 is 12.4 Å². The lowest BCUT2D eigenvalue weighted by atomic mass is 9.72. The third kappa shape index (κ3) is 6.77. The number of para-hydroxylation sites is 2. The molecule has 0 radical (unpaired) electrons. The average Bonchev–Trinajstić information content (AvgIpc) is 3.12. The lowest BCUT2D eigenvalue weighted by molar-refractivity contribution is -0.288. The first-order chi connectivity index (χ1) is 24.0. The van der Waals surface area contributed by atoms with Gasteiger partial charge < -0.3 is 4.90 Å².